The number of fused-ring (bicyclic) bond motifs is 1. The van der Waals surface area contributed by atoms with Gasteiger partial charge in [0.2, 0.25) is 0 Å². The van der Waals surface area contributed by atoms with E-state index in [-0.39, 0.29) is 17.7 Å². The van der Waals surface area contributed by atoms with Crippen molar-refractivity contribution in [3.8, 4) is 0 Å². The van der Waals surface area contributed by atoms with Crippen molar-refractivity contribution in [2.75, 3.05) is 5.01 Å². The SMILES string of the molecule is CC1=NN(c2ccccc2)C(=O)[C@@]12[C@H](c1ccc(C)cc1)[C@H]2c1ccc2ccccc2n1. The Bertz CT molecular complexity index is 1380. The third kappa shape index (κ3) is 2.59. The van der Waals surface area contributed by atoms with Gasteiger partial charge in [-0.25, -0.2) is 0 Å². The zero-order valence-electron chi connectivity index (χ0n) is 18.1. The maximum Gasteiger partial charge on any atom is 0.260 e. The lowest BCUT2D eigenvalue weighted by Gasteiger charge is -2.15. The summed E-state index contributed by atoms with van der Waals surface area (Å²) in [7, 11) is 0. The molecule has 0 saturated heterocycles. The fourth-order valence-electron chi connectivity index (χ4n) is 5.34. The van der Waals surface area contributed by atoms with Crippen molar-refractivity contribution in [1.82, 2.24) is 4.98 Å². The molecular formula is C28H23N3O. The van der Waals surface area contributed by atoms with Crippen molar-refractivity contribution < 1.29 is 4.79 Å². The highest BCUT2D eigenvalue weighted by molar-refractivity contribution is 6.23. The molecule has 1 saturated carbocycles. The second-order valence-corrected chi connectivity index (χ2v) is 8.80. The molecule has 1 fully saturated rings. The maximum atomic E-state index is 14.0. The standard InChI is InChI=1S/C28H23N3O/c1-18-12-14-21(15-13-18)25-26(24-17-16-20-8-6-7-11-23(20)29-24)28(25)19(2)30-31(27(28)32)22-9-4-3-5-10-22/h3-17,25-26H,1-2H3/t25-,26-,28-/m1/s1. The summed E-state index contributed by atoms with van der Waals surface area (Å²) >= 11 is 0. The van der Waals surface area contributed by atoms with Gasteiger partial charge in [0, 0.05) is 22.9 Å². The molecule has 32 heavy (non-hydrogen) atoms. The Labute approximate surface area is 187 Å². The number of benzene rings is 3. The molecule has 0 radical (unpaired) electrons. The van der Waals surface area contributed by atoms with Crippen LogP contribution in [-0.2, 0) is 4.79 Å². The summed E-state index contributed by atoms with van der Waals surface area (Å²) in [5.74, 6) is 0.00762. The van der Waals surface area contributed by atoms with Crippen LogP contribution in [0.15, 0.2) is 96.1 Å². The van der Waals surface area contributed by atoms with E-state index in [0.29, 0.717) is 0 Å². The van der Waals surface area contributed by atoms with Crippen molar-refractivity contribution in [2.24, 2.45) is 10.5 Å². The van der Waals surface area contributed by atoms with Gasteiger partial charge in [-0.2, -0.15) is 10.1 Å². The number of rotatable bonds is 3. The highest BCUT2D eigenvalue weighted by atomic mass is 16.2. The van der Waals surface area contributed by atoms with E-state index >= 15 is 0 Å². The van der Waals surface area contributed by atoms with E-state index in [2.05, 4.69) is 49.4 Å². The number of nitrogens with zero attached hydrogens (tertiary/aromatic N) is 3. The van der Waals surface area contributed by atoms with Crippen LogP contribution in [0.1, 0.15) is 35.6 Å². The molecule has 1 spiro atoms. The Morgan fingerprint density at radius 1 is 0.781 bits per heavy atom. The lowest BCUT2D eigenvalue weighted by atomic mass is 9.92. The van der Waals surface area contributed by atoms with E-state index in [1.165, 1.54) is 5.56 Å². The zero-order chi connectivity index (χ0) is 21.9. The molecule has 3 aromatic carbocycles. The Morgan fingerprint density at radius 3 is 2.28 bits per heavy atom. The smallest absolute Gasteiger partial charge is 0.260 e. The highest BCUT2D eigenvalue weighted by Crippen LogP contribution is 2.73. The van der Waals surface area contributed by atoms with Gasteiger partial charge in [-0.05, 0) is 43.7 Å². The lowest BCUT2D eigenvalue weighted by molar-refractivity contribution is -0.121. The molecule has 0 N–H and O–H groups in total. The number of hydrogen-bond donors (Lipinski definition) is 0. The van der Waals surface area contributed by atoms with E-state index in [1.54, 1.807) is 5.01 Å². The van der Waals surface area contributed by atoms with Crippen LogP contribution in [0.3, 0.4) is 0 Å². The summed E-state index contributed by atoms with van der Waals surface area (Å²) in [5, 5.41) is 7.44. The summed E-state index contributed by atoms with van der Waals surface area (Å²) in [6, 6.07) is 30.5. The second kappa shape index (κ2) is 6.86. The molecule has 4 aromatic rings. The van der Waals surface area contributed by atoms with Gasteiger partial charge in [-0.15, -0.1) is 0 Å². The van der Waals surface area contributed by atoms with Crippen LogP contribution in [0.25, 0.3) is 10.9 Å². The Morgan fingerprint density at radius 2 is 1.50 bits per heavy atom. The van der Waals surface area contributed by atoms with Crippen molar-refractivity contribution in [3.63, 3.8) is 0 Å². The second-order valence-electron chi connectivity index (χ2n) is 8.80. The predicted molar refractivity (Wildman–Crippen MR) is 128 cm³/mol. The molecule has 2 aliphatic rings. The molecule has 3 atom stereocenters. The lowest BCUT2D eigenvalue weighted by Crippen LogP contribution is -2.30. The summed E-state index contributed by atoms with van der Waals surface area (Å²) in [6.45, 7) is 4.07. The molecule has 1 amide bonds. The van der Waals surface area contributed by atoms with Crippen LogP contribution in [0.2, 0.25) is 0 Å². The number of aryl methyl sites for hydroxylation is 1. The summed E-state index contributed by atoms with van der Waals surface area (Å²) < 4.78 is 0. The number of carbonyl (C=O) groups excluding carboxylic acids is 1. The predicted octanol–water partition coefficient (Wildman–Crippen LogP) is 5.83. The number of hydrogen-bond acceptors (Lipinski definition) is 3. The molecule has 4 heteroatoms. The Balaban J connectivity index is 1.50. The normalized spacial score (nSPS) is 24.2. The first-order valence-electron chi connectivity index (χ1n) is 11.0. The summed E-state index contributed by atoms with van der Waals surface area (Å²) in [6.07, 6.45) is 0. The molecule has 6 rings (SSSR count). The van der Waals surface area contributed by atoms with Crippen LogP contribution in [-0.4, -0.2) is 16.6 Å². The average Bonchev–Trinajstić information content (AvgIpc) is 3.47. The number of hydrazone groups is 1. The van der Waals surface area contributed by atoms with Crippen LogP contribution in [0.5, 0.6) is 0 Å². The van der Waals surface area contributed by atoms with Gasteiger partial charge in [-0.1, -0.05) is 72.3 Å². The molecule has 1 aliphatic carbocycles. The zero-order valence-corrected chi connectivity index (χ0v) is 18.1. The third-order valence-corrected chi connectivity index (χ3v) is 6.98. The molecule has 0 bridgehead atoms. The van der Waals surface area contributed by atoms with Gasteiger partial charge in [0.1, 0.15) is 5.41 Å². The maximum absolute atomic E-state index is 14.0. The first kappa shape index (κ1) is 18.9. The van der Waals surface area contributed by atoms with E-state index in [9.17, 15) is 4.79 Å². The Hall–Kier alpha value is -3.79. The van der Waals surface area contributed by atoms with E-state index < -0.39 is 5.41 Å². The quantitative estimate of drug-likeness (QED) is 0.421. The first-order valence-corrected chi connectivity index (χ1v) is 11.0. The minimum absolute atomic E-state index is 0.0155. The molecule has 0 unspecified atom stereocenters. The summed E-state index contributed by atoms with van der Waals surface area (Å²) in [4.78, 5) is 19.0. The number of carbonyl (C=O) groups is 1. The monoisotopic (exact) mass is 417 g/mol. The highest BCUT2D eigenvalue weighted by Gasteiger charge is 2.75. The van der Waals surface area contributed by atoms with Crippen molar-refractivity contribution in [1.29, 1.82) is 0 Å². The van der Waals surface area contributed by atoms with Crippen molar-refractivity contribution in [3.05, 3.63) is 108 Å². The van der Waals surface area contributed by atoms with Crippen molar-refractivity contribution >= 4 is 28.2 Å². The fourth-order valence-corrected chi connectivity index (χ4v) is 5.34. The minimum Gasteiger partial charge on any atom is -0.271 e. The van der Waals surface area contributed by atoms with Gasteiger partial charge in [0.05, 0.1) is 16.9 Å². The topological polar surface area (TPSA) is 45.6 Å². The van der Waals surface area contributed by atoms with Gasteiger partial charge in [-0.3, -0.25) is 9.78 Å². The average molecular weight is 418 g/mol. The van der Waals surface area contributed by atoms with Crippen LogP contribution in [0.4, 0.5) is 5.69 Å². The molecule has 4 nitrogen and oxygen atoms in total. The van der Waals surface area contributed by atoms with Gasteiger partial charge < -0.3 is 0 Å². The Kier molecular flexibility index (Phi) is 4.06. The molecular weight excluding hydrogens is 394 g/mol. The van der Waals surface area contributed by atoms with Crippen LogP contribution >= 0.6 is 0 Å². The third-order valence-electron chi connectivity index (χ3n) is 6.98. The minimum atomic E-state index is -0.694. The van der Waals surface area contributed by atoms with E-state index in [4.69, 9.17) is 10.1 Å². The first-order chi connectivity index (χ1) is 15.6. The number of para-hydroxylation sites is 2. The number of anilines is 1. The van der Waals surface area contributed by atoms with Gasteiger partial charge in [0.25, 0.3) is 5.91 Å². The largest absolute Gasteiger partial charge is 0.271 e. The number of aromatic nitrogens is 1. The van der Waals surface area contributed by atoms with Gasteiger partial charge >= 0.3 is 0 Å². The van der Waals surface area contributed by atoms with E-state index in [0.717, 1.165) is 33.6 Å². The fraction of sp³-hybridized carbons (Fsp3) is 0.179. The molecule has 1 aromatic heterocycles. The number of pyridine rings is 1. The molecule has 1 aliphatic heterocycles. The molecule has 2 heterocycles. The van der Waals surface area contributed by atoms with E-state index in [1.807, 2.05) is 55.5 Å². The summed E-state index contributed by atoms with van der Waals surface area (Å²) in [5.41, 5.74) is 5.24. The van der Waals surface area contributed by atoms with Crippen LogP contribution in [0, 0.1) is 12.3 Å². The molecule has 156 valence electrons. The van der Waals surface area contributed by atoms with Gasteiger partial charge in [0.15, 0.2) is 0 Å². The van der Waals surface area contributed by atoms with Crippen molar-refractivity contribution in [2.45, 2.75) is 25.7 Å². The number of amides is 1. The van der Waals surface area contributed by atoms with Crippen LogP contribution < -0.4 is 5.01 Å².